The highest BCUT2D eigenvalue weighted by molar-refractivity contribution is 5.86. The van der Waals surface area contributed by atoms with Gasteiger partial charge in [-0.1, -0.05) is 74.7 Å². The summed E-state index contributed by atoms with van der Waals surface area (Å²) in [4.78, 5) is 16.4. The number of hydrogen-bond acceptors (Lipinski definition) is 4. The highest BCUT2D eigenvalue weighted by Gasteiger charge is 2.29. The summed E-state index contributed by atoms with van der Waals surface area (Å²) in [5.74, 6) is 1.48. The minimum Gasteiger partial charge on any atom is -0.361 e. The molecule has 0 spiro atoms. The number of para-hydroxylation sites is 1. The minimum atomic E-state index is -1.00. The number of carbonyl (C=O) groups excluding carboxylic acids is 1. The van der Waals surface area contributed by atoms with Gasteiger partial charge in [0.05, 0.1) is 11.6 Å². The molecule has 7 nitrogen and oxygen atoms in total. The van der Waals surface area contributed by atoms with Gasteiger partial charge in [-0.15, -0.1) is 10.2 Å². The summed E-state index contributed by atoms with van der Waals surface area (Å²) in [6, 6.07) is 18.2. The van der Waals surface area contributed by atoms with Gasteiger partial charge in [0.1, 0.15) is 5.82 Å². The van der Waals surface area contributed by atoms with Crippen molar-refractivity contribution in [1.29, 1.82) is 0 Å². The number of nitrogens with one attached hydrogen (secondary N) is 2. The molecule has 0 fully saturated rings. The number of H-pyrrole nitrogens is 1. The largest absolute Gasteiger partial charge is 0.361 e. The van der Waals surface area contributed by atoms with Crippen LogP contribution in [0.2, 0.25) is 0 Å². The molecule has 0 bridgehead atoms. The number of carbonyl (C=O) groups is 1. The van der Waals surface area contributed by atoms with Gasteiger partial charge in [0, 0.05) is 36.5 Å². The first-order valence-corrected chi connectivity index (χ1v) is 13.0. The van der Waals surface area contributed by atoms with Crippen LogP contribution in [0, 0.1) is 0 Å². The lowest BCUT2D eigenvalue weighted by Crippen LogP contribution is -2.50. The average Bonchev–Trinajstić information content (AvgIpc) is 3.45. The van der Waals surface area contributed by atoms with Crippen LogP contribution in [0.25, 0.3) is 10.9 Å². The summed E-state index contributed by atoms with van der Waals surface area (Å²) >= 11 is 0. The zero-order chi connectivity index (χ0) is 25.5. The first-order valence-electron chi connectivity index (χ1n) is 13.0. The summed E-state index contributed by atoms with van der Waals surface area (Å²) < 4.78 is 2.21. The number of nitrogens with zero attached hydrogens (tertiary/aromatic N) is 3. The van der Waals surface area contributed by atoms with Crippen molar-refractivity contribution in [3.8, 4) is 0 Å². The molecule has 2 heterocycles. The molecule has 4 aromatic rings. The lowest BCUT2D eigenvalue weighted by atomic mass is 10.0. The number of benzene rings is 2. The van der Waals surface area contributed by atoms with Crippen LogP contribution >= 0.6 is 0 Å². The second-order valence-corrected chi connectivity index (χ2v) is 10.2. The average molecular weight is 487 g/mol. The Hall–Kier alpha value is -3.45. The monoisotopic (exact) mass is 486 g/mol. The van der Waals surface area contributed by atoms with Crippen LogP contribution in [0.15, 0.2) is 60.8 Å². The lowest BCUT2D eigenvalue weighted by molar-refractivity contribution is -0.126. The fraction of sp³-hybridized carbons (Fsp3) is 0.414. The molecular formula is C29H38N6O. The first kappa shape index (κ1) is 25.6. The van der Waals surface area contributed by atoms with E-state index in [9.17, 15) is 4.79 Å². The third kappa shape index (κ3) is 6.21. The Morgan fingerprint density at radius 3 is 2.56 bits per heavy atom. The molecule has 190 valence electrons. The molecule has 2 aromatic heterocycles. The molecule has 0 aliphatic rings. The molecule has 1 amide bonds. The van der Waals surface area contributed by atoms with Gasteiger partial charge < -0.3 is 20.6 Å². The third-order valence-electron chi connectivity index (χ3n) is 6.60. The Morgan fingerprint density at radius 2 is 1.81 bits per heavy atom. The normalized spacial score (nSPS) is 12.7. The second kappa shape index (κ2) is 11.5. The Balaban J connectivity index is 1.70. The SMILES string of the molecule is CCCCCCn1c(Cc2ccccc2)nnc1[C@@H](Cc1c[nH]c2ccccc12)NC(=O)C(C)(C)N. The van der Waals surface area contributed by atoms with E-state index in [2.05, 4.69) is 56.3 Å². The number of rotatable bonds is 12. The maximum atomic E-state index is 13.0. The zero-order valence-corrected chi connectivity index (χ0v) is 21.6. The summed E-state index contributed by atoms with van der Waals surface area (Å²) in [5, 5.41) is 13.6. The first-order chi connectivity index (χ1) is 17.4. The van der Waals surface area contributed by atoms with E-state index in [0.717, 1.165) is 47.5 Å². The number of nitrogens with two attached hydrogens (primary N) is 1. The number of amides is 1. The van der Waals surface area contributed by atoms with E-state index in [-0.39, 0.29) is 11.9 Å². The maximum absolute atomic E-state index is 13.0. The highest BCUT2D eigenvalue weighted by atomic mass is 16.2. The molecule has 4 rings (SSSR count). The van der Waals surface area contributed by atoms with Crippen molar-refractivity contribution in [2.75, 3.05) is 0 Å². The maximum Gasteiger partial charge on any atom is 0.240 e. The van der Waals surface area contributed by atoms with Crippen molar-refractivity contribution >= 4 is 16.8 Å². The Kier molecular flexibility index (Phi) is 8.21. The van der Waals surface area contributed by atoms with E-state index in [1.807, 2.05) is 36.5 Å². The Bertz CT molecular complexity index is 1270. The van der Waals surface area contributed by atoms with Crippen LogP contribution < -0.4 is 11.1 Å². The Morgan fingerprint density at radius 1 is 1.06 bits per heavy atom. The van der Waals surface area contributed by atoms with Crippen molar-refractivity contribution in [1.82, 2.24) is 25.1 Å². The fourth-order valence-electron chi connectivity index (χ4n) is 4.53. The summed E-state index contributed by atoms with van der Waals surface area (Å²) in [6.45, 7) is 6.48. The van der Waals surface area contributed by atoms with Gasteiger partial charge in [0.25, 0.3) is 0 Å². The quantitative estimate of drug-likeness (QED) is 0.243. The van der Waals surface area contributed by atoms with Gasteiger partial charge in [-0.2, -0.15) is 0 Å². The summed E-state index contributed by atoms with van der Waals surface area (Å²) in [7, 11) is 0. The van der Waals surface area contributed by atoms with E-state index in [4.69, 9.17) is 5.73 Å². The topological polar surface area (TPSA) is 102 Å². The van der Waals surface area contributed by atoms with Gasteiger partial charge in [-0.25, -0.2) is 0 Å². The molecule has 0 saturated carbocycles. The Labute approximate surface area is 213 Å². The van der Waals surface area contributed by atoms with E-state index in [1.54, 1.807) is 13.8 Å². The van der Waals surface area contributed by atoms with Gasteiger partial charge in [-0.05, 0) is 37.5 Å². The molecule has 0 unspecified atom stereocenters. The summed E-state index contributed by atoms with van der Waals surface area (Å²) in [6.07, 6.45) is 7.86. The molecule has 0 saturated heterocycles. The predicted molar refractivity (Wildman–Crippen MR) is 145 cm³/mol. The van der Waals surface area contributed by atoms with Crippen molar-refractivity contribution in [2.24, 2.45) is 5.73 Å². The van der Waals surface area contributed by atoms with Gasteiger partial charge >= 0.3 is 0 Å². The standard InChI is InChI=1S/C29H38N6O/c1-4-5-6-12-17-35-26(18-21-13-8-7-9-14-21)33-34-27(35)25(32-28(36)29(2,3)30)19-22-20-31-24-16-11-10-15-23(22)24/h7-11,13-16,20,25,31H,4-6,12,17-19,30H2,1-3H3,(H,32,36)/t25-/m1/s1. The van der Waals surface area contributed by atoms with Crippen molar-refractivity contribution in [3.63, 3.8) is 0 Å². The fourth-order valence-corrected chi connectivity index (χ4v) is 4.53. The minimum absolute atomic E-state index is 0.211. The molecule has 4 N–H and O–H groups in total. The van der Waals surface area contributed by atoms with Crippen molar-refractivity contribution in [2.45, 2.75) is 77.4 Å². The third-order valence-corrected chi connectivity index (χ3v) is 6.60. The molecule has 2 aromatic carbocycles. The molecule has 36 heavy (non-hydrogen) atoms. The second-order valence-electron chi connectivity index (χ2n) is 10.2. The zero-order valence-electron chi connectivity index (χ0n) is 21.6. The van der Waals surface area contributed by atoms with E-state index in [0.29, 0.717) is 12.8 Å². The van der Waals surface area contributed by atoms with Crippen LogP contribution in [0.3, 0.4) is 0 Å². The van der Waals surface area contributed by atoms with Crippen molar-refractivity contribution < 1.29 is 4.79 Å². The van der Waals surface area contributed by atoms with Crippen LogP contribution in [-0.4, -0.2) is 31.2 Å². The lowest BCUT2D eigenvalue weighted by Gasteiger charge is -2.24. The van der Waals surface area contributed by atoms with Gasteiger partial charge in [0.15, 0.2) is 5.82 Å². The van der Waals surface area contributed by atoms with Gasteiger partial charge in [0.2, 0.25) is 5.91 Å². The van der Waals surface area contributed by atoms with Crippen LogP contribution in [-0.2, 0) is 24.2 Å². The van der Waals surface area contributed by atoms with Gasteiger partial charge in [-0.3, -0.25) is 4.79 Å². The molecule has 0 aliphatic carbocycles. The predicted octanol–water partition coefficient (Wildman–Crippen LogP) is 5.07. The summed E-state index contributed by atoms with van der Waals surface area (Å²) in [5.41, 5.74) is 8.54. The molecule has 0 radical (unpaired) electrons. The molecule has 7 heteroatoms. The van der Waals surface area contributed by atoms with E-state index >= 15 is 0 Å². The number of hydrogen-bond donors (Lipinski definition) is 3. The molecule has 0 aliphatic heterocycles. The van der Waals surface area contributed by atoms with Crippen LogP contribution in [0.1, 0.15) is 75.3 Å². The number of unbranched alkanes of at least 4 members (excludes halogenated alkanes) is 3. The van der Waals surface area contributed by atoms with Crippen LogP contribution in [0.5, 0.6) is 0 Å². The van der Waals surface area contributed by atoms with E-state index in [1.165, 1.54) is 18.4 Å². The van der Waals surface area contributed by atoms with E-state index < -0.39 is 5.54 Å². The highest BCUT2D eigenvalue weighted by Crippen LogP contribution is 2.26. The molecular weight excluding hydrogens is 448 g/mol. The van der Waals surface area contributed by atoms with Crippen molar-refractivity contribution in [3.05, 3.63) is 83.6 Å². The smallest absolute Gasteiger partial charge is 0.240 e. The molecule has 1 atom stereocenters. The number of aromatic nitrogens is 4. The van der Waals surface area contributed by atoms with Crippen LogP contribution in [0.4, 0.5) is 0 Å². The number of fused-ring (bicyclic) bond motifs is 1. The number of aromatic amines is 1.